The number of nitrogens with zero attached hydrogens (tertiary/aromatic N) is 2. The number of halogens is 2. The molecule has 0 aromatic heterocycles. The Balaban J connectivity index is 1.91. The fraction of sp³-hybridized carbons (Fsp3) is 0.700. The lowest BCUT2D eigenvalue weighted by atomic mass is 10.2. The molecular formula is C20H32F2N2O3. The number of hydrogen-bond donors (Lipinski definition) is 1. The maximum absolute atomic E-state index is 14.1. The van der Waals surface area contributed by atoms with Crippen molar-refractivity contribution in [1.82, 2.24) is 9.80 Å². The Morgan fingerprint density at radius 3 is 2.63 bits per heavy atom. The van der Waals surface area contributed by atoms with E-state index >= 15 is 0 Å². The quantitative estimate of drug-likeness (QED) is 0.631. The van der Waals surface area contributed by atoms with Crippen molar-refractivity contribution in [2.75, 3.05) is 59.2 Å². The van der Waals surface area contributed by atoms with Crippen LogP contribution in [0.3, 0.4) is 0 Å². The first-order chi connectivity index (χ1) is 12.9. The molecule has 1 fully saturated rings. The van der Waals surface area contributed by atoms with Crippen molar-refractivity contribution in [1.29, 1.82) is 0 Å². The van der Waals surface area contributed by atoms with Gasteiger partial charge in [-0.2, -0.15) is 0 Å². The van der Waals surface area contributed by atoms with Gasteiger partial charge in [0.1, 0.15) is 11.6 Å². The van der Waals surface area contributed by atoms with Crippen LogP contribution in [-0.4, -0.2) is 80.2 Å². The first-order valence-corrected chi connectivity index (χ1v) is 9.66. The van der Waals surface area contributed by atoms with Gasteiger partial charge in [-0.25, -0.2) is 8.78 Å². The normalized spacial score (nSPS) is 17.0. The number of ether oxygens (including phenoxy) is 2. The highest BCUT2D eigenvalue weighted by Crippen LogP contribution is 2.13. The molecule has 0 unspecified atom stereocenters. The molecule has 2 rings (SSSR count). The Morgan fingerprint density at radius 2 is 1.96 bits per heavy atom. The highest BCUT2D eigenvalue weighted by molar-refractivity contribution is 5.18. The summed E-state index contributed by atoms with van der Waals surface area (Å²) < 4.78 is 38.1. The van der Waals surface area contributed by atoms with Crippen molar-refractivity contribution < 1.29 is 23.4 Å². The second-order valence-electron chi connectivity index (χ2n) is 7.51. The minimum atomic E-state index is -0.656. The highest BCUT2D eigenvalue weighted by Gasteiger charge is 2.17. The molecule has 1 aliphatic rings. The molecule has 0 saturated carbocycles. The van der Waals surface area contributed by atoms with Gasteiger partial charge in [-0.3, -0.25) is 9.80 Å². The molecule has 0 radical (unpaired) electrons. The van der Waals surface area contributed by atoms with Gasteiger partial charge in [0.25, 0.3) is 0 Å². The van der Waals surface area contributed by atoms with E-state index in [2.05, 4.69) is 18.7 Å². The number of hydrogen-bond acceptors (Lipinski definition) is 5. The molecule has 1 saturated heterocycles. The van der Waals surface area contributed by atoms with E-state index in [1.54, 1.807) is 0 Å². The van der Waals surface area contributed by atoms with Crippen molar-refractivity contribution in [3.63, 3.8) is 0 Å². The van der Waals surface area contributed by atoms with E-state index in [0.717, 1.165) is 38.9 Å². The fourth-order valence-electron chi connectivity index (χ4n) is 3.02. The monoisotopic (exact) mass is 386 g/mol. The van der Waals surface area contributed by atoms with Gasteiger partial charge in [-0.05, 0) is 12.0 Å². The lowest BCUT2D eigenvalue weighted by Gasteiger charge is -2.31. The summed E-state index contributed by atoms with van der Waals surface area (Å²) in [5.74, 6) is -0.738. The van der Waals surface area contributed by atoms with Gasteiger partial charge >= 0.3 is 0 Å². The van der Waals surface area contributed by atoms with Gasteiger partial charge in [0.05, 0.1) is 25.9 Å². The lowest BCUT2D eigenvalue weighted by molar-refractivity contribution is 0.000797. The van der Waals surface area contributed by atoms with Crippen LogP contribution in [0.5, 0.6) is 0 Å². The van der Waals surface area contributed by atoms with Crippen molar-refractivity contribution in [3.05, 3.63) is 35.4 Å². The maximum Gasteiger partial charge on any atom is 0.130 e. The molecule has 27 heavy (non-hydrogen) atoms. The van der Waals surface area contributed by atoms with Gasteiger partial charge in [0.15, 0.2) is 0 Å². The van der Waals surface area contributed by atoms with Crippen LogP contribution in [0.15, 0.2) is 18.2 Å². The van der Waals surface area contributed by atoms with Crippen LogP contribution in [-0.2, 0) is 16.0 Å². The molecule has 0 bridgehead atoms. The van der Waals surface area contributed by atoms with Crippen LogP contribution >= 0.6 is 0 Å². The van der Waals surface area contributed by atoms with E-state index in [9.17, 15) is 13.9 Å². The van der Waals surface area contributed by atoms with Crippen molar-refractivity contribution in [2.45, 2.75) is 26.5 Å². The van der Waals surface area contributed by atoms with Crippen LogP contribution in [0.4, 0.5) is 8.78 Å². The predicted molar refractivity (Wildman–Crippen MR) is 101 cm³/mol. The molecule has 1 heterocycles. The summed E-state index contributed by atoms with van der Waals surface area (Å²) in [5, 5.41) is 10.3. The van der Waals surface area contributed by atoms with E-state index in [0.29, 0.717) is 37.7 Å². The molecule has 7 heteroatoms. The van der Waals surface area contributed by atoms with E-state index in [4.69, 9.17) is 9.47 Å². The van der Waals surface area contributed by atoms with Crippen molar-refractivity contribution >= 4 is 0 Å². The number of aliphatic hydroxyl groups excluding tert-OH is 1. The molecule has 1 aromatic rings. The molecule has 0 spiro atoms. The molecule has 0 amide bonds. The summed E-state index contributed by atoms with van der Waals surface area (Å²) in [4.78, 5) is 4.29. The zero-order chi connectivity index (χ0) is 19.6. The molecule has 154 valence electrons. The van der Waals surface area contributed by atoms with Crippen LogP contribution in [0, 0.1) is 17.6 Å². The van der Waals surface area contributed by atoms with Gasteiger partial charge in [0.2, 0.25) is 0 Å². The van der Waals surface area contributed by atoms with E-state index in [-0.39, 0.29) is 6.61 Å². The average Bonchev–Trinajstić information content (AvgIpc) is 2.62. The molecule has 1 aromatic carbocycles. The minimum Gasteiger partial charge on any atom is -0.389 e. The number of benzene rings is 1. The number of morpholine rings is 1. The van der Waals surface area contributed by atoms with Crippen LogP contribution in [0.1, 0.15) is 19.4 Å². The summed E-state index contributed by atoms with van der Waals surface area (Å²) in [5.41, 5.74) is 0.425. The smallest absolute Gasteiger partial charge is 0.130 e. The zero-order valence-corrected chi connectivity index (χ0v) is 16.4. The highest BCUT2D eigenvalue weighted by atomic mass is 19.1. The predicted octanol–water partition coefficient (Wildman–Crippen LogP) is 2.13. The fourth-order valence-corrected chi connectivity index (χ4v) is 3.02. The zero-order valence-electron chi connectivity index (χ0n) is 16.4. The third-order valence-corrected chi connectivity index (χ3v) is 4.48. The van der Waals surface area contributed by atoms with E-state index in [1.807, 2.05) is 4.90 Å². The minimum absolute atomic E-state index is 0.248. The average molecular weight is 386 g/mol. The van der Waals surface area contributed by atoms with E-state index < -0.39 is 17.7 Å². The van der Waals surface area contributed by atoms with Gasteiger partial charge in [-0.1, -0.05) is 19.9 Å². The van der Waals surface area contributed by atoms with Crippen LogP contribution in [0.25, 0.3) is 0 Å². The molecule has 1 aliphatic heterocycles. The maximum atomic E-state index is 14.1. The SMILES string of the molecule is CC(C)COC[C@H](O)CN(CCN1CCOCC1)Cc1ccc(F)cc1F. The molecule has 1 atom stereocenters. The number of rotatable bonds is 11. The Labute approximate surface area is 160 Å². The van der Waals surface area contributed by atoms with Crippen LogP contribution in [0.2, 0.25) is 0 Å². The molecular weight excluding hydrogens is 354 g/mol. The summed E-state index contributed by atoms with van der Waals surface area (Å²) >= 11 is 0. The Bertz CT molecular complexity index is 554. The summed E-state index contributed by atoms with van der Waals surface area (Å²) in [6.07, 6.45) is -0.656. The van der Waals surface area contributed by atoms with Crippen LogP contribution < -0.4 is 0 Å². The second kappa shape index (κ2) is 11.7. The second-order valence-corrected chi connectivity index (χ2v) is 7.51. The topological polar surface area (TPSA) is 45.2 Å². The van der Waals surface area contributed by atoms with E-state index in [1.165, 1.54) is 12.1 Å². The third kappa shape index (κ3) is 8.62. The molecule has 0 aliphatic carbocycles. The molecule has 1 N–H and O–H groups in total. The summed E-state index contributed by atoms with van der Waals surface area (Å²) in [6.45, 7) is 10.3. The van der Waals surface area contributed by atoms with Gasteiger partial charge in [-0.15, -0.1) is 0 Å². The number of aliphatic hydroxyl groups is 1. The lowest BCUT2D eigenvalue weighted by Crippen LogP contribution is -2.43. The summed E-state index contributed by atoms with van der Waals surface area (Å²) in [6, 6.07) is 3.63. The van der Waals surface area contributed by atoms with Gasteiger partial charge in [0, 0.05) is 57.5 Å². The molecule has 5 nitrogen and oxygen atoms in total. The van der Waals surface area contributed by atoms with Crippen molar-refractivity contribution in [2.24, 2.45) is 5.92 Å². The van der Waals surface area contributed by atoms with Crippen molar-refractivity contribution in [3.8, 4) is 0 Å². The van der Waals surface area contributed by atoms with Gasteiger partial charge < -0.3 is 14.6 Å². The largest absolute Gasteiger partial charge is 0.389 e. The Morgan fingerprint density at radius 1 is 1.22 bits per heavy atom. The Hall–Kier alpha value is -1.12. The first kappa shape index (κ1) is 22.2. The first-order valence-electron chi connectivity index (χ1n) is 9.66. The summed E-state index contributed by atoms with van der Waals surface area (Å²) in [7, 11) is 0. The standard InChI is InChI=1S/C20H32F2N2O3/c1-16(2)14-27-15-19(25)13-24(6-5-23-7-9-26-10-8-23)12-17-3-4-18(21)11-20(17)22/h3-4,11,16,19,25H,5-10,12-15H2,1-2H3/t19-/m1/s1. The Kier molecular flexibility index (Phi) is 9.58. The third-order valence-electron chi connectivity index (χ3n) is 4.48.